The van der Waals surface area contributed by atoms with Crippen molar-refractivity contribution in [1.82, 2.24) is 0 Å². The minimum Gasteiger partial charge on any atom is -0.462 e. The molecule has 0 aromatic heterocycles. The Kier molecular flexibility index (Phi) is 17.0. The molecule has 0 aliphatic carbocycles. The molecule has 0 saturated heterocycles. The van der Waals surface area contributed by atoms with Crippen LogP contribution in [-0.2, 0) is 19.1 Å². The lowest BCUT2D eigenvalue weighted by Crippen LogP contribution is -2.70. The highest BCUT2D eigenvalue weighted by molar-refractivity contribution is 5.87. The van der Waals surface area contributed by atoms with Crippen LogP contribution in [0.1, 0.15) is 78.1 Å². The predicted octanol–water partition coefficient (Wildman–Crippen LogP) is 8.15. The average Bonchev–Trinajstić information content (AvgIpc) is 3.02. The van der Waals surface area contributed by atoms with Gasteiger partial charge in [0.05, 0.1) is 26.4 Å². The zero-order valence-electron chi connectivity index (χ0n) is 26.5. The Balaban J connectivity index is 6.03. The zero-order chi connectivity index (χ0) is 37.8. The number of halogens is 12. The monoisotopic (exact) mass is 726 g/mol. The third-order valence-electron chi connectivity index (χ3n) is 7.94. The van der Waals surface area contributed by atoms with Gasteiger partial charge < -0.3 is 19.7 Å². The van der Waals surface area contributed by atoms with Crippen LogP contribution in [0.3, 0.4) is 0 Å². The van der Waals surface area contributed by atoms with Crippen molar-refractivity contribution in [3.8, 4) is 0 Å². The fraction of sp³-hybridized carbons (Fsp3) is 0.800. The standard InChI is InChI=1S/C30H42F12O6/c1-5-8-9-10-11-13-25(31,32)27(35,36)29(39,40)30(41,42)28(37,38)26(33,34)14-12-21(16-47-22(45)6-2)17-48-23(46)20(4)15-24(7-3,18-43)19-44/h6,21,43-44H,2,4-5,7-19H2,1,3H3. The Hall–Kier alpha value is -2.50. The van der Waals surface area contributed by atoms with Crippen LogP contribution in [0.15, 0.2) is 24.8 Å². The Bertz CT molecular complexity index is 1050. The molecule has 0 spiro atoms. The molecule has 0 aromatic carbocycles. The van der Waals surface area contributed by atoms with E-state index in [0.29, 0.717) is 18.9 Å². The molecule has 2 N–H and O–H groups in total. The van der Waals surface area contributed by atoms with Gasteiger partial charge >= 0.3 is 47.5 Å². The zero-order valence-corrected chi connectivity index (χ0v) is 26.5. The molecular formula is C30H42F12O6. The number of rotatable bonds is 25. The van der Waals surface area contributed by atoms with E-state index in [4.69, 9.17) is 4.74 Å². The Morgan fingerprint density at radius 1 is 0.708 bits per heavy atom. The minimum absolute atomic E-state index is 0.141. The predicted molar refractivity (Wildman–Crippen MR) is 149 cm³/mol. The average molecular weight is 727 g/mol. The molecule has 0 bridgehead atoms. The van der Waals surface area contributed by atoms with E-state index in [1.807, 2.05) is 0 Å². The molecule has 282 valence electrons. The second-order valence-corrected chi connectivity index (χ2v) is 11.7. The van der Waals surface area contributed by atoms with Crippen molar-refractivity contribution in [3.05, 3.63) is 24.8 Å². The molecule has 0 fully saturated rings. The molecular weight excluding hydrogens is 684 g/mol. The van der Waals surface area contributed by atoms with Gasteiger partial charge in [0.15, 0.2) is 0 Å². The van der Waals surface area contributed by atoms with Gasteiger partial charge in [0, 0.05) is 35.8 Å². The summed E-state index contributed by atoms with van der Waals surface area (Å²) in [6.07, 6.45) is -5.63. The van der Waals surface area contributed by atoms with Gasteiger partial charge in [-0.25, -0.2) is 9.59 Å². The summed E-state index contributed by atoms with van der Waals surface area (Å²) in [4.78, 5) is 23.8. The molecule has 0 amide bonds. The number of ether oxygens (including phenoxy) is 2. The van der Waals surface area contributed by atoms with E-state index in [9.17, 15) is 72.5 Å². The van der Waals surface area contributed by atoms with Crippen LogP contribution in [0.4, 0.5) is 52.7 Å². The van der Waals surface area contributed by atoms with Gasteiger partial charge in [-0.15, -0.1) is 0 Å². The molecule has 0 aliphatic heterocycles. The minimum atomic E-state index is -7.72. The second-order valence-electron chi connectivity index (χ2n) is 11.7. The maximum Gasteiger partial charge on any atom is 0.384 e. The highest BCUT2D eigenvalue weighted by Gasteiger charge is 2.89. The first-order chi connectivity index (χ1) is 21.8. The van der Waals surface area contributed by atoms with Gasteiger partial charge in [-0.2, -0.15) is 52.7 Å². The lowest BCUT2D eigenvalue weighted by Gasteiger charge is -2.41. The molecule has 18 heteroatoms. The molecule has 0 saturated carbocycles. The number of hydrogen-bond acceptors (Lipinski definition) is 6. The van der Waals surface area contributed by atoms with Crippen molar-refractivity contribution in [2.75, 3.05) is 26.4 Å². The number of carbonyl (C=O) groups is 2. The number of carbonyl (C=O) groups excluding carboxylic acids is 2. The smallest absolute Gasteiger partial charge is 0.384 e. The molecule has 1 atom stereocenters. The lowest BCUT2D eigenvalue weighted by molar-refractivity contribution is -0.426. The number of unbranched alkanes of at least 4 members (excludes halogenated alkanes) is 4. The van der Waals surface area contributed by atoms with E-state index in [-0.39, 0.29) is 31.3 Å². The van der Waals surface area contributed by atoms with Crippen LogP contribution in [0.25, 0.3) is 0 Å². The van der Waals surface area contributed by atoms with Crippen molar-refractivity contribution in [3.63, 3.8) is 0 Å². The number of esters is 2. The molecule has 48 heavy (non-hydrogen) atoms. The third kappa shape index (κ3) is 10.5. The number of alkyl halides is 12. The van der Waals surface area contributed by atoms with E-state index in [1.54, 1.807) is 13.8 Å². The van der Waals surface area contributed by atoms with E-state index in [1.165, 1.54) is 0 Å². The van der Waals surface area contributed by atoms with Gasteiger partial charge in [-0.05, 0) is 25.7 Å². The first kappa shape index (κ1) is 45.5. The first-order valence-corrected chi connectivity index (χ1v) is 15.0. The molecule has 0 radical (unpaired) electrons. The van der Waals surface area contributed by atoms with Gasteiger partial charge in [0.1, 0.15) is 0 Å². The number of aliphatic hydroxyl groups excluding tert-OH is 2. The van der Waals surface area contributed by atoms with E-state index in [2.05, 4.69) is 17.9 Å². The van der Waals surface area contributed by atoms with Gasteiger partial charge in [-0.3, -0.25) is 0 Å². The van der Waals surface area contributed by atoms with Crippen LogP contribution in [-0.4, -0.2) is 84.1 Å². The summed E-state index contributed by atoms with van der Waals surface area (Å²) < 4.78 is 182. The number of aliphatic hydroxyl groups is 2. The first-order valence-electron chi connectivity index (χ1n) is 15.0. The molecule has 0 heterocycles. The van der Waals surface area contributed by atoms with Crippen LogP contribution in [0.2, 0.25) is 0 Å². The normalized spacial score (nSPS) is 14.4. The molecule has 0 rings (SSSR count). The fourth-order valence-electron chi connectivity index (χ4n) is 4.31. The summed E-state index contributed by atoms with van der Waals surface area (Å²) >= 11 is 0. The maximum absolute atomic E-state index is 14.6. The summed E-state index contributed by atoms with van der Waals surface area (Å²) in [5, 5.41) is 19.0. The Morgan fingerprint density at radius 3 is 1.60 bits per heavy atom. The summed E-state index contributed by atoms with van der Waals surface area (Å²) in [7, 11) is 0. The highest BCUT2D eigenvalue weighted by atomic mass is 19.4. The van der Waals surface area contributed by atoms with E-state index >= 15 is 0 Å². The van der Waals surface area contributed by atoms with Crippen molar-refractivity contribution < 1.29 is 82.0 Å². The number of hydrogen-bond donors (Lipinski definition) is 2. The Labute approximate surface area is 270 Å². The van der Waals surface area contributed by atoms with Crippen LogP contribution >= 0.6 is 0 Å². The van der Waals surface area contributed by atoms with E-state index in [0.717, 1.165) is 0 Å². The quantitative estimate of drug-likeness (QED) is 0.0427. The summed E-state index contributed by atoms with van der Waals surface area (Å²) in [5.74, 6) is -46.4. The molecule has 0 aliphatic rings. The largest absolute Gasteiger partial charge is 0.462 e. The highest BCUT2D eigenvalue weighted by Crippen LogP contribution is 2.61. The van der Waals surface area contributed by atoms with Crippen molar-refractivity contribution in [1.29, 1.82) is 0 Å². The van der Waals surface area contributed by atoms with Crippen molar-refractivity contribution in [2.45, 2.75) is 114 Å². The molecule has 6 nitrogen and oxygen atoms in total. The van der Waals surface area contributed by atoms with Crippen LogP contribution < -0.4 is 0 Å². The summed E-state index contributed by atoms with van der Waals surface area (Å²) in [5.41, 5.74) is -1.61. The maximum atomic E-state index is 14.6. The van der Waals surface area contributed by atoms with E-state index < -0.39 is 111 Å². The van der Waals surface area contributed by atoms with Crippen LogP contribution in [0.5, 0.6) is 0 Å². The third-order valence-corrected chi connectivity index (χ3v) is 7.94. The summed E-state index contributed by atoms with van der Waals surface area (Å²) in [6, 6.07) is 0. The SMILES string of the molecule is C=CC(=O)OCC(CCC(F)(F)C(F)(F)C(F)(F)C(F)(F)C(F)(F)C(F)(F)CCCCCCC)COC(=O)C(=C)CC(CC)(CO)CO. The topological polar surface area (TPSA) is 93.1 Å². The van der Waals surface area contributed by atoms with Crippen molar-refractivity contribution in [2.24, 2.45) is 11.3 Å². The summed E-state index contributed by atoms with van der Waals surface area (Å²) in [6.45, 7) is 6.36. The van der Waals surface area contributed by atoms with Crippen molar-refractivity contribution >= 4 is 11.9 Å². The fourth-order valence-corrected chi connectivity index (χ4v) is 4.31. The van der Waals surface area contributed by atoms with Gasteiger partial charge in [0.25, 0.3) is 0 Å². The molecule has 0 aromatic rings. The Morgan fingerprint density at radius 2 is 1.17 bits per heavy atom. The van der Waals surface area contributed by atoms with Gasteiger partial charge in [0.2, 0.25) is 0 Å². The van der Waals surface area contributed by atoms with Crippen LogP contribution in [0, 0.1) is 11.3 Å². The molecule has 1 unspecified atom stereocenters. The lowest BCUT2D eigenvalue weighted by atomic mass is 9.81. The second kappa shape index (κ2) is 17.9. The van der Waals surface area contributed by atoms with Gasteiger partial charge in [-0.1, -0.05) is 52.7 Å².